The minimum Gasteiger partial charge on any atom is -0.668 e. The summed E-state index contributed by atoms with van der Waals surface area (Å²) < 4.78 is 0. The first kappa shape index (κ1) is 35.1. The third kappa shape index (κ3) is 6.62. The molecule has 11 heteroatoms. The molecule has 0 aromatic carbocycles. The van der Waals surface area contributed by atoms with Crippen LogP contribution < -0.4 is 42.5 Å². The summed E-state index contributed by atoms with van der Waals surface area (Å²) in [5, 5.41) is 33.1. The fourth-order valence-corrected chi connectivity index (χ4v) is 12.4. The van der Waals surface area contributed by atoms with Crippen LogP contribution in [0.25, 0.3) is 5.73 Å². The Kier molecular flexibility index (Phi) is 11.3. The van der Waals surface area contributed by atoms with Gasteiger partial charge in [0.05, 0.1) is 55.2 Å². The number of rotatable bonds is 1. The Hall–Kier alpha value is -0.344. The Bertz CT molecular complexity index is 1070. The van der Waals surface area contributed by atoms with E-state index in [2.05, 4.69) is 42.5 Å². The zero-order chi connectivity index (χ0) is 31.4. The van der Waals surface area contributed by atoms with Gasteiger partial charge in [0, 0.05) is 11.8 Å². The van der Waals surface area contributed by atoms with Crippen LogP contribution in [0.4, 0.5) is 0 Å². The van der Waals surface area contributed by atoms with E-state index in [-0.39, 0.29) is 59.2 Å². The van der Waals surface area contributed by atoms with E-state index in [9.17, 15) is 4.79 Å². The van der Waals surface area contributed by atoms with Gasteiger partial charge in [-0.1, -0.05) is 44.9 Å². The van der Waals surface area contributed by atoms with Crippen LogP contribution in [0.1, 0.15) is 110 Å². The van der Waals surface area contributed by atoms with Gasteiger partial charge in [0.25, 0.3) is 0 Å². The third-order valence-electron chi connectivity index (χ3n) is 14.2. The largest absolute Gasteiger partial charge is 2.00 e. The number of nitrogens with one attached hydrogen (secondary N) is 9. The molecule has 0 spiro atoms. The summed E-state index contributed by atoms with van der Waals surface area (Å²) in [7, 11) is 0. The summed E-state index contributed by atoms with van der Waals surface area (Å²) in [4.78, 5) is 12.7. The number of hydrogen-bond acceptors (Lipinski definition) is 9. The van der Waals surface area contributed by atoms with E-state index >= 15 is 0 Å². The first-order valence-corrected chi connectivity index (χ1v) is 19.6. The zero-order valence-electron chi connectivity index (χ0n) is 28.7. The topological polar surface area (TPSA) is 137 Å². The summed E-state index contributed by atoms with van der Waals surface area (Å²) in [6.45, 7) is 4.00. The molecule has 9 fully saturated rings. The minimum atomic E-state index is -0.357. The first-order chi connectivity index (χ1) is 22.5. The molecule has 9 N–H and O–H groups in total. The van der Waals surface area contributed by atoms with Crippen molar-refractivity contribution in [2.45, 2.75) is 159 Å². The van der Waals surface area contributed by atoms with Gasteiger partial charge in [-0.15, -0.1) is 0 Å². The van der Waals surface area contributed by atoms with Crippen molar-refractivity contribution >= 4 is 5.91 Å². The van der Waals surface area contributed by atoms with Crippen molar-refractivity contribution in [2.75, 3.05) is 0 Å². The van der Waals surface area contributed by atoms with Crippen molar-refractivity contribution in [3.05, 3.63) is 12.2 Å². The van der Waals surface area contributed by atoms with Gasteiger partial charge in [-0.05, 0) is 92.8 Å². The van der Waals surface area contributed by atoms with Gasteiger partial charge in [-0.3, -0.25) is 42.5 Å². The molecular formula is C36H63CoN9O. The molecule has 9 aliphatic rings. The van der Waals surface area contributed by atoms with E-state index in [0.717, 1.165) is 19.3 Å². The van der Waals surface area contributed by atoms with Crippen LogP contribution >= 0.6 is 0 Å². The van der Waals surface area contributed by atoms with Gasteiger partial charge >= 0.3 is 16.8 Å². The molecule has 4 aliphatic carbocycles. The Morgan fingerprint density at radius 1 is 0.447 bits per heavy atom. The number of amides is 1. The molecule has 267 valence electrons. The van der Waals surface area contributed by atoms with Crippen molar-refractivity contribution in [1.82, 2.24) is 42.5 Å². The monoisotopic (exact) mass is 696 g/mol. The number of fused-ring (bicyclic) bond motifs is 20. The zero-order valence-corrected chi connectivity index (χ0v) is 29.8. The smallest absolute Gasteiger partial charge is 0.668 e. The summed E-state index contributed by atoms with van der Waals surface area (Å²) in [6.07, 6.45) is 22.9. The molecule has 0 aromatic heterocycles. The van der Waals surface area contributed by atoms with E-state index in [1.54, 1.807) is 0 Å². The maximum Gasteiger partial charge on any atom is 2.00 e. The standard InChI is InChI=1S/C33H57N9O.C3H7.Co/c34-25(43)22-14-7-15-23-24(22)33-41-31-21-13-6-5-12-20(21)29(39-31)37-27-17-9-2-1-8-16(17)26(35-27)36-28-18-10-3-4-11-19(18)30(38-28)40-32(23)42-33;1-3-2;/h16-24,26-33,35-42H,1-15H2,(H2,34,43);3H,1-2H3;/q;-1;+2/p-1. The van der Waals surface area contributed by atoms with Crippen molar-refractivity contribution in [2.24, 2.45) is 53.3 Å². The van der Waals surface area contributed by atoms with Crippen LogP contribution in [0.3, 0.4) is 0 Å². The van der Waals surface area contributed by atoms with E-state index < -0.39 is 0 Å². The van der Waals surface area contributed by atoms with Crippen LogP contribution in [-0.2, 0) is 21.6 Å². The quantitative estimate of drug-likeness (QED) is 0.193. The Balaban J connectivity index is 0.000000848. The predicted octanol–water partition coefficient (Wildman–Crippen LogP) is 3.64. The average molecular weight is 697 g/mol. The van der Waals surface area contributed by atoms with Crippen molar-refractivity contribution < 1.29 is 21.6 Å². The summed E-state index contributed by atoms with van der Waals surface area (Å²) in [6, 6.07) is 0. The van der Waals surface area contributed by atoms with Gasteiger partial charge in [0.1, 0.15) is 0 Å². The minimum absolute atomic E-state index is 0. The van der Waals surface area contributed by atoms with E-state index in [1.807, 2.05) is 20.3 Å². The molecule has 47 heavy (non-hydrogen) atoms. The summed E-state index contributed by atoms with van der Waals surface area (Å²) in [5.41, 5.74) is 8.25. The average Bonchev–Trinajstić information content (AvgIpc) is 3.81. The van der Waals surface area contributed by atoms with Crippen LogP contribution in [-0.4, -0.2) is 55.2 Å². The van der Waals surface area contributed by atoms with E-state index in [0.29, 0.717) is 66.1 Å². The molecule has 1 radical (unpaired) electrons. The van der Waals surface area contributed by atoms with Crippen LogP contribution in [0.2, 0.25) is 0 Å². The van der Waals surface area contributed by atoms with Crippen LogP contribution in [0.5, 0.6) is 0 Å². The number of carbonyl (C=O) groups excluding carboxylic acids is 1. The molecule has 8 bridgehead atoms. The summed E-state index contributed by atoms with van der Waals surface area (Å²) in [5.74, 6) is 3.88. The second-order valence-corrected chi connectivity index (χ2v) is 16.7. The van der Waals surface area contributed by atoms with Gasteiger partial charge in [-0.2, -0.15) is 13.8 Å². The fraction of sp³-hybridized carbons (Fsp3) is 0.944. The normalized spacial score (nSPS) is 51.7. The second kappa shape index (κ2) is 15.1. The molecule has 5 heterocycles. The van der Waals surface area contributed by atoms with E-state index in [1.165, 1.54) is 77.0 Å². The second-order valence-electron chi connectivity index (χ2n) is 16.7. The SMILES string of the molecule is C[CH-]C.[Co+2].[NH-]C(=O)C1CCCC2C3NC4NC(NC5NC(NC6NC(NC(N3)C12)C1CCCCC61)C1CCCCC51)C1CCCCC41. The van der Waals surface area contributed by atoms with Gasteiger partial charge < -0.3 is 16.9 Å². The fourth-order valence-electron chi connectivity index (χ4n) is 12.4. The third-order valence-corrected chi connectivity index (χ3v) is 14.2. The van der Waals surface area contributed by atoms with Gasteiger partial charge in [0.2, 0.25) is 0 Å². The van der Waals surface area contributed by atoms with E-state index in [4.69, 9.17) is 5.73 Å². The number of carbonyl (C=O) groups is 1. The molecule has 4 saturated carbocycles. The first-order valence-electron chi connectivity index (χ1n) is 19.6. The molecular weight excluding hydrogens is 633 g/mol. The molecule has 5 aliphatic heterocycles. The molecule has 5 saturated heterocycles. The molecule has 17 atom stereocenters. The molecule has 10 nitrogen and oxygen atoms in total. The predicted molar refractivity (Wildman–Crippen MR) is 181 cm³/mol. The van der Waals surface area contributed by atoms with Gasteiger partial charge in [-0.25, -0.2) is 0 Å². The summed E-state index contributed by atoms with van der Waals surface area (Å²) >= 11 is 0. The van der Waals surface area contributed by atoms with Crippen molar-refractivity contribution in [1.29, 1.82) is 0 Å². The van der Waals surface area contributed by atoms with Crippen LogP contribution in [0, 0.1) is 59.7 Å². The van der Waals surface area contributed by atoms with Gasteiger partial charge in [0.15, 0.2) is 0 Å². The maximum atomic E-state index is 12.7. The Labute approximate surface area is 294 Å². The molecule has 17 unspecified atom stereocenters. The van der Waals surface area contributed by atoms with Crippen LogP contribution in [0.15, 0.2) is 0 Å². The molecule has 9 rings (SSSR count). The maximum absolute atomic E-state index is 12.7. The Morgan fingerprint density at radius 2 is 0.702 bits per heavy atom. The van der Waals surface area contributed by atoms with Crippen molar-refractivity contribution in [3.63, 3.8) is 0 Å². The molecule has 1 amide bonds. The number of hydrogen-bond donors (Lipinski definition) is 8. The Morgan fingerprint density at radius 3 is 1.00 bits per heavy atom. The van der Waals surface area contributed by atoms with Crippen molar-refractivity contribution in [3.8, 4) is 0 Å². The molecule has 0 aromatic rings.